The molecule has 126 valence electrons. The average Bonchev–Trinajstić information content (AvgIpc) is 3.33. The highest BCUT2D eigenvalue weighted by atomic mass is 19.4. The number of rotatable bonds is 3. The zero-order valence-corrected chi connectivity index (χ0v) is 12.5. The van der Waals surface area contributed by atoms with Crippen LogP contribution in [0.25, 0.3) is 0 Å². The first-order chi connectivity index (χ1) is 11.4. The summed E-state index contributed by atoms with van der Waals surface area (Å²) in [5.74, 6) is -1.71. The van der Waals surface area contributed by atoms with Crippen LogP contribution in [0.15, 0.2) is 30.3 Å². The normalized spacial score (nSPS) is 19.2. The van der Waals surface area contributed by atoms with Crippen molar-refractivity contribution in [3.05, 3.63) is 47.3 Å². The van der Waals surface area contributed by atoms with Gasteiger partial charge in [-0.25, -0.2) is 4.39 Å². The van der Waals surface area contributed by atoms with Crippen molar-refractivity contribution in [2.24, 2.45) is 5.92 Å². The summed E-state index contributed by atoms with van der Waals surface area (Å²) in [6, 6.07) is 6.12. The Kier molecular flexibility index (Phi) is 3.40. The zero-order chi connectivity index (χ0) is 16.9. The summed E-state index contributed by atoms with van der Waals surface area (Å²) in [6.45, 7) is 0.524. The van der Waals surface area contributed by atoms with Crippen LogP contribution >= 0.6 is 0 Å². The Balaban J connectivity index is 1.73. The minimum absolute atomic E-state index is 0.0284. The van der Waals surface area contributed by atoms with Crippen LogP contribution in [0.5, 0.6) is 5.88 Å². The van der Waals surface area contributed by atoms with Gasteiger partial charge >= 0.3 is 6.18 Å². The van der Waals surface area contributed by atoms with E-state index in [2.05, 4.69) is 10.3 Å². The molecule has 1 aliphatic carbocycles. The molecule has 0 amide bonds. The van der Waals surface area contributed by atoms with Crippen LogP contribution in [0, 0.1) is 11.7 Å². The third-order valence-corrected chi connectivity index (χ3v) is 4.28. The molecule has 1 aromatic carbocycles. The summed E-state index contributed by atoms with van der Waals surface area (Å²) in [4.78, 5) is 4.17. The van der Waals surface area contributed by atoms with Crippen LogP contribution < -0.4 is 10.1 Å². The van der Waals surface area contributed by atoms with Crippen LogP contribution in [0.4, 0.5) is 29.1 Å². The molecule has 2 aromatic rings. The summed E-state index contributed by atoms with van der Waals surface area (Å²) in [6.07, 6.45) is -2.33. The van der Waals surface area contributed by atoms with Crippen LogP contribution in [-0.2, 0) is 0 Å². The Bertz CT molecular complexity index is 787. The van der Waals surface area contributed by atoms with E-state index in [4.69, 9.17) is 4.74 Å². The fourth-order valence-corrected chi connectivity index (χ4v) is 2.89. The lowest BCUT2D eigenvalue weighted by atomic mass is 9.87. The zero-order valence-electron chi connectivity index (χ0n) is 12.5. The molecule has 0 spiro atoms. The fourth-order valence-electron chi connectivity index (χ4n) is 2.89. The number of anilines is 2. The fraction of sp³-hybridized carbons (Fsp3) is 0.353. The van der Waals surface area contributed by atoms with E-state index in [1.807, 2.05) is 0 Å². The highest BCUT2D eigenvalue weighted by molar-refractivity contribution is 5.72. The van der Waals surface area contributed by atoms with E-state index in [0.29, 0.717) is 18.4 Å². The molecule has 7 heteroatoms. The van der Waals surface area contributed by atoms with Crippen molar-refractivity contribution in [2.75, 3.05) is 11.9 Å². The Morgan fingerprint density at radius 1 is 1.12 bits per heavy atom. The highest BCUT2D eigenvalue weighted by Crippen LogP contribution is 2.49. The maximum absolute atomic E-state index is 13.6. The molecule has 1 N–H and O–H groups in total. The van der Waals surface area contributed by atoms with Crippen molar-refractivity contribution < 1.29 is 22.3 Å². The van der Waals surface area contributed by atoms with Crippen molar-refractivity contribution >= 4 is 11.5 Å². The predicted molar refractivity (Wildman–Crippen MR) is 80.0 cm³/mol. The van der Waals surface area contributed by atoms with Crippen LogP contribution in [0.3, 0.4) is 0 Å². The second kappa shape index (κ2) is 5.36. The van der Waals surface area contributed by atoms with Crippen LogP contribution in [-0.4, -0.2) is 17.8 Å². The summed E-state index contributed by atoms with van der Waals surface area (Å²) >= 11 is 0. The molecule has 0 saturated heterocycles. The van der Waals surface area contributed by atoms with Gasteiger partial charge in [-0.15, -0.1) is 0 Å². The van der Waals surface area contributed by atoms with Crippen LogP contribution in [0.2, 0.25) is 0 Å². The first-order valence-corrected chi connectivity index (χ1v) is 7.69. The molecule has 2 heterocycles. The molecule has 1 atom stereocenters. The summed E-state index contributed by atoms with van der Waals surface area (Å²) < 4.78 is 59.7. The van der Waals surface area contributed by atoms with Gasteiger partial charge in [-0.1, -0.05) is 0 Å². The monoisotopic (exact) mass is 338 g/mol. The number of alkyl halides is 3. The predicted octanol–water partition coefficient (Wildman–Crippen LogP) is 4.76. The maximum Gasteiger partial charge on any atom is 0.399 e. The van der Waals surface area contributed by atoms with E-state index in [1.54, 1.807) is 0 Å². The highest BCUT2D eigenvalue weighted by Gasteiger charge is 2.46. The molecule has 0 unspecified atom stereocenters. The molecule has 1 saturated carbocycles. The largest absolute Gasteiger partial charge is 0.477 e. The number of pyridine rings is 1. The molecule has 4 rings (SSSR count). The first kappa shape index (κ1) is 15.2. The molecule has 0 bridgehead atoms. The number of hydrogen-bond acceptors (Lipinski definition) is 3. The molecule has 1 fully saturated rings. The maximum atomic E-state index is 13.6. The van der Waals surface area contributed by atoms with Gasteiger partial charge in [0.15, 0.2) is 0 Å². The quantitative estimate of drug-likeness (QED) is 0.819. The van der Waals surface area contributed by atoms with E-state index in [9.17, 15) is 17.6 Å². The van der Waals surface area contributed by atoms with Crippen molar-refractivity contribution in [3.63, 3.8) is 0 Å². The van der Waals surface area contributed by atoms with E-state index >= 15 is 0 Å². The van der Waals surface area contributed by atoms with E-state index in [0.717, 1.165) is 25.0 Å². The van der Waals surface area contributed by atoms with E-state index in [1.165, 1.54) is 18.2 Å². The number of halogens is 4. The minimum atomic E-state index is -4.54. The number of nitrogens with zero attached hydrogens (tertiary/aromatic N) is 1. The Labute approximate surface area is 135 Å². The Morgan fingerprint density at radius 2 is 1.92 bits per heavy atom. The summed E-state index contributed by atoms with van der Waals surface area (Å²) in [7, 11) is 0. The second-order valence-electron chi connectivity index (χ2n) is 6.17. The Hall–Kier alpha value is -2.31. The Morgan fingerprint density at radius 3 is 2.62 bits per heavy atom. The van der Waals surface area contributed by atoms with E-state index < -0.39 is 17.9 Å². The number of nitrogens with one attached hydrogen (secondary N) is 1. The SMILES string of the molecule is Fc1ccc2c(c1)[C@H](C(F)(F)F)c1ccc(OCC3CC3)nc1N2. The number of ether oxygens (including phenoxy) is 1. The van der Waals surface area contributed by atoms with Crippen molar-refractivity contribution in [2.45, 2.75) is 24.9 Å². The lowest BCUT2D eigenvalue weighted by molar-refractivity contribution is -0.141. The minimum Gasteiger partial charge on any atom is -0.477 e. The molecule has 1 aliphatic heterocycles. The number of aromatic nitrogens is 1. The summed E-state index contributed by atoms with van der Waals surface area (Å²) in [5.41, 5.74) is 0.0425. The molecule has 2 aliphatic rings. The summed E-state index contributed by atoms with van der Waals surface area (Å²) in [5, 5.41) is 2.86. The molecular formula is C17H14F4N2O. The number of fused-ring (bicyclic) bond motifs is 2. The molecular weight excluding hydrogens is 324 g/mol. The lowest BCUT2D eigenvalue weighted by Crippen LogP contribution is -2.27. The average molecular weight is 338 g/mol. The van der Waals surface area contributed by atoms with Crippen molar-refractivity contribution in [3.8, 4) is 5.88 Å². The number of benzene rings is 1. The molecule has 0 radical (unpaired) electrons. The number of hydrogen-bond donors (Lipinski definition) is 1. The van der Waals surface area contributed by atoms with Gasteiger partial charge < -0.3 is 10.1 Å². The van der Waals surface area contributed by atoms with Gasteiger partial charge in [0.2, 0.25) is 5.88 Å². The third kappa shape index (κ3) is 2.79. The van der Waals surface area contributed by atoms with Gasteiger partial charge in [0, 0.05) is 17.3 Å². The first-order valence-electron chi connectivity index (χ1n) is 7.69. The molecule has 24 heavy (non-hydrogen) atoms. The van der Waals surface area contributed by atoms with Crippen molar-refractivity contribution in [1.29, 1.82) is 0 Å². The standard InChI is InChI=1S/C17H14F4N2O/c18-10-3-5-13-12(7-10)15(17(19,20)21)11-4-6-14(23-16(11)22-13)24-8-9-1-2-9/h3-7,9,15H,1-2,8H2,(H,22,23)/t15-/m1/s1. The van der Waals surface area contributed by atoms with Crippen LogP contribution in [0.1, 0.15) is 29.9 Å². The third-order valence-electron chi connectivity index (χ3n) is 4.28. The molecule has 1 aromatic heterocycles. The van der Waals surface area contributed by atoms with Gasteiger partial charge in [-0.05, 0) is 48.6 Å². The van der Waals surface area contributed by atoms with Gasteiger partial charge in [0.25, 0.3) is 0 Å². The second-order valence-corrected chi connectivity index (χ2v) is 6.17. The topological polar surface area (TPSA) is 34.1 Å². The van der Waals surface area contributed by atoms with E-state index in [-0.39, 0.29) is 22.6 Å². The van der Waals surface area contributed by atoms with Gasteiger partial charge in [-0.2, -0.15) is 18.2 Å². The molecule has 3 nitrogen and oxygen atoms in total. The smallest absolute Gasteiger partial charge is 0.399 e. The van der Waals surface area contributed by atoms with Gasteiger partial charge in [0.1, 0.15) is 17.6 Å². The van der Waals surface area contributed by atoms with Gasteiger partial charge in [0.05, 0.1) is 6.61 Å². The van der Waals surface area contributed by atoms with Crippen molar-refractivity contribution in [1.82, 2.24) is 4.98 Å². The lowest BCUT2D eigenvalue weighted by Gasteiger charge is -2.30. The van der Waals surface area contributed by atoms with Gasteiger partial charge in [-0.3, -0.25) is 0 Å².